The van der Waals surface area contributed by atoms with Gasteiger partial charge in [-0.05, 0) is 51.7 Å². The van der Waals surface area contributed by atoms with Crippen molar-refractivity contribution < 1.29 is 60.6 Å². The number of benzene rings is 1. The highest BCUT2D eigenvalue weighted by Crippen LogP contribution is 2.45. The second-order valence-corrected chi connectivity index (χ2v) is 18.4. The fourth-order valence-corrected chi connectivity index (χ4v) is 9.25. The number of hydrogen-bond donors (Lipinski definition) is 3. The molecule has 4 heterocycles. The highest BCUT2D eigenvalue weighted by atomic mass is 32.2. The van der Waals surface area contributed by atoms with Gasteiger partial charge >= 0.3 is 18.2 Å². The van der Waals surface area contributed by atoms with Crippen molar-refractivity contribution in [2.75, 3.05) is 13.1 Å². The molecule has 0 radical (unpaired) electrons. The van der Waals surface area contributed by atoms with E-state index in [1.54, 1.807) is 26.8 Å². The molecule has 7 rings (SSSR count). The number of esters is 1. The fourth-order valence-electron chi connectivity index (χ4n) is 7.89. The van der Waals surface area contributed by atoms with Gasteiger partial charge in [-0.25, -0.2) is 27.2 Å². The van der Waals surface area contributed by atoms with Gasteiger partial charge in [0.2, 0.25) is 27.7 Å². The summed E-state index contributed by atoms with van der Waals surface area (Å²) >= 11 is 0. The number of ether oxygens (including phenoxy) is 3. The summed E-state index contributed by atoms with van der Waals surface area (Å²) in [5, 5.41) is 4.33. The highest BCUT2D eigenvalue weighted by Gasteiger charge is 2.62. The third kappa shape index (κ3) is 8.13. The van der Waals surface area contributed by atoms with Crippen LogP contribution in [-0.2, 0) is 61.3 Å². The van der Waals surface area contributed by atoms with Crippen molar-refractivity contribution in [3.63, 3.8) is 0 Å². The number of carbonyl (C=O) groups is 7. The summed E-state index contributed by atoms with van der Waals surface area (Å²) in [6.45, 7) is 8.11. The Morgan fingerprint density at radius 3 is 2.44 bits per heavy atom. The summed E-state index contributed by atoms with van der Waals surface area (Å²) in [7, 11) is -4.01. The van der Waals surface area contributed by atoms with Crippen molar-refractivity contribution >= 4 is 51.8 Å². The van der Waals surface area contributed by atoms with Gasteiger partial charge in [0, 0.05) is 30.9 Å². The van der Waals surface area contributed by atoms with E-state index in [9.17, 15) is 46.4 Å². The SMILES string of the molecule is C=CC1C[C@]1(NC(=O)[C@@H]1CC(OC(=O)N2Cc3cccc(F)c3C2)CN1C(=O)[C@H](CC(=O)N1C[C@@H]2C[C@H]1C(=O)O2)NC(=O)OC(C)(C)C)C(=O)NS(=O)(=O)C1CC1. The summed E-state index contributed by atoms with van der Waals surface area (Å²) in [5.41, 5.74) is -1.82. The summed E-state index contributed by atoms with van der Waals surface area (Å²) < 4.78 is 58.3. The number of sulfonamides is 1. The van der Waals surface area contributed by atoms with Crippen LogP contribution in [0.2, 0.25) is 0 Å². The number of amides is 6. The molecule has 4 aliphatic heterocycles. The Labute approximate surface area is 327 Å². The third-order valence-corrected chi connectivity index (χ3v) is 12.9. The average molecular weight is 817 g/mol. The number of rotatable bonds is 11. The van der Waals surface area contributed by atoms with E-state index in [4.69, 9.17) is 14.2 Å². The maximum absolute atomic E-state index is 14.6. The lowest BCUT2D eigenvalue weighted by molar-refractivity contribution is -0.157. The van der Waals surface area contributed by atoms with Gasteiger partial charge in [-0.2, -0.15) is 0 Å². The van der Waals surface area contributed by atoms with E-state index in [1.165, 1.54) is 28.0 Å². The van der Waals surface area contributed by atoms with E-state index in [1.807, 2.05) is 0 Å². The Kier molecular flexibility index (Phi) is 10.2. The number of nitrogens with one attached hydrogen (secondary N) is 3. The molecule has 6 amide bonds. The van der Waals surface area contributed by atoms with E-state index in [0.717, 1.165) is 4.90 Å². The van der Waals surface area contributed by atoms with Crippen molar-refractivity contribution in [2.24, 2.45) is 5.92 Å². The maximum atomic E-state index is 14.6. The number of nitrogens with zero attached hydrogens (tertiary/aromatic N) is 3. The minimum atomic E-state index is -4.01. The molecule has 7 atom stereocenters. The number of fused-ring (bicyclic) bond motifs is 3. The lowest BCUT2D eigenvalue weighted by Crippen LogP contribution is -2.59. The highest BCUT2D eigenvalue weighted by molar-refractivity contribution is 7.91. The molecule has 0 spiro atoms. The van der Waals surface area contributed by atoms with Crippen molar-refractivity contribution in [3.05, 3.63) is 47.8 Å². The van der Waals surface area contributed by atoms with Crippen LogP contribution in [0.4, 0.5) is 14.0 Å². The van der Waals surface area contributed by atoms with Gasteiger partial charge in [0.25, 0.3) is 5.91 Å². The van der Waals surface area contributed by atoms with Crippen molar-refractivity contribution in [1.82, 2.24) is 30.1 Å². The Hall–Kier alpha value is -5.27. The van der Waals surface area contributed by atoms with Crippen molar-refractivity contribution in [3.8, 4) is 0 Å². The van der Waals surface area contributed by atoms with E-state index in [-0.39, 0.29) is 38.9 Å². The molecular weight excluding hydrogens is 772 g/mol. The van der Waals surface area contributed by atoms with Gasteiger partial charge in [-0.3, -0.25) is 28.8 Å². The first-order valence-electron chi connectivity index (χ1n) is 18.8. The lowest BCUT2D eigenvalue weighted by atomic mass is 10.1. The normalized spacial score (nSPS) is 27.9. The summed E-state index contributed by atoms with van der Waals surface area (Å²) in [6, 6.07) is 0.495. The van der Waals surface area contributed by atoms with E-state index >= 15 is 0 Å². The number of halogens is 1. The first-order valence-corrected chi connectivity index (χ1v) is 20.4. The van der Waals surface area contributed by atoms with Gasteiger partial charge in [0.15, 0.2) is 0 Å². The molecule has 6 aliphatic rings. The zero-order valence-electron chi connectivity index (χ0n) is 31.7. The van der Waals surface area contributed by atoms with Gasteiger partial charge in [-0.1, -0.05) is 18.2 Å². The standard InChI is InChI=1S/C37H45FN6O12S/c1-5-20-14-37(20,33(49)41-57(52,53)23-9-10-23)40-30(46)27-11-22(55-35(51)42-15-19-7-6-8-25(38)24(19)18-42)17-44(27)31(47)26(39-34(50)56-36(2,3)4)13-29(45)43-16-21-12-28(43)32(48)54-21/h5-8,20-23,26-28H,1,9-18H2,2-4H3,(H,39,50)(H,40,46)(H,41,49)/t20?,21-,22?,26-,27-,28-,37+/m0/s1. The molecule has 2 aliphatic carbocycles. The van der Waals surface area contributed by atoms with Crippen LogP contribution in [0.25, 0.3) is 0 Å². The summed E-state index contributed by atoms with van der Waals surface area (Å²) in [6.07, 6.45) is -2.05. The third-order valence-electron chi connectivity index (χ3n) is 11.1. The zero-order chi connectivity index (χ0) is 41.2. The van der Waals surface area contributed by atoms with E-state index < -0.39 is 123 Å². The van der Waals surface area contributed by atoms with Gasteiger partial charge in [0.1, 0.15) is 47.3 Å². The molecule has 2 unspecified atom stereocenters. The second kappa shape index (κ2) is 14.6. The van der Waals surface area contributed by atoms with Gasteiger partial charge in [0.05, 0.1) is 31.3 Å². The van der Waals surface area contributed by atoms with Gasteiger partial charge in [-0.15, -0.1) is 6.58 Å². The van der Waals surface area contributed by atoms with Crippen LogP contribution >= 0.6 is 0 Å². The quantitative estimate of drug-likeness (QED) is 0.160. The molecule has 2 bridgehead atoms. The number of likely N-dealkylation sites (tertiary alicyclic amines) is 2. The summed E-state index contributed by atoms with van der Waals surface area (Å²) in [4.78, 5) is 98.3. The Balaban J connectivity index is 1.14. The minimum Gasteiger partial charge on any atom is -0.459 e. The minimum absolute atomic E-state index is 0.0111. The number of carbonyl (C=O) groups excluding carboxylic acids is 7. The van der Waals surface area contributed by atoms with Crippen LogP contribution in [0.15, 0.2) is 30.9 Å². The first kappa shape index (κ1) is 39.9. The van der Waals surface area contributed by atoms with Crippen molar-refractivity contribution in [1.29, 1.82) is 0 Å². The predicted octanol–water partition coefficient (Wildman–Crippen LogP) is 0.726. The Bertz CT molecular complexity index is 2040. The topological polar surface area (TPSA) is 227 Å². The van der Waals surface area contributed by atoms with Crippen LogP contribution in [0.1, 0.15) is 70.4 Å². The van der Waals surface area contributed by atoms with E-state index in [0.29, 0.717) is 24.0 Å². The van der Waals surface area contributed by atoms with Crippen LogP contribution in [0.3, 0.4) is 0 Å². The predicted molar refractivity (Wildman–Crippen MR) is 193 cm³/mol. The zero-order valence-corrected chi connectivity index (χ0v) is 32.5. The molecule has 3 N–H and O–H groups in total. The lowest BCUT2D eigenvalue weighted by Gasteiger charge is -2.32. The summed E-state index contributed by atoms with van der Waals surface area (Å²) in [5.74, 6) is -5.21. The first-order chi connectivity index (χ1) is 26.8. The molecule has 20 heteroatoms. The molecule has 3 saturated heterocycles. The van der Waals surface area contributed by atoms with Crippen molar-refractivity contribution in [2.45, 2.75) is 119 Å². The van der Waals surface area contributed by atoms with Crippen LogP contribution in [-0.4, -0.2) is 125 Å². The molecule has 2 saturated carbocycles. The maximum Gasteiger partial charge on any atom is 0.410 e. The Morgan fingerprint density at radius 2 is 1.82 bits per heavy atom. The smallest absolute Gasteiger partial charge is 0.410 e. The molecular formula is C37H45FN6O12S. The molecule has 18 nitrogen and oxygen atoms in total. The van der Waals surface area contributed by atoms with Crippen LogP contribution in [0.5, 0.6) is 0 Å². The van der Waals surface area contributed by atoms with Crippen LogP contribution in [0, 0.1) is 11.7 Å². The molecule has 308 valence electrons. The molecule has 1 aromatic rings. The molecule has 5 fully saturated rings. The van der Waals surface area contributed by atoms with Crippen LogP contribution < -0.4 is 15.4 Å². The monoisotopic (exact) mass is 816 g/mol. The molecule has 57 heavy (non-hydrogen) atoms. The Morgan fingerprint density at radius 1 is 1.09 bits per heavy atom. The largest absolute Gasteiger partial charge is 0.459 e. The number of hydrogen-bond acceptors (Lipinski definition) is 12. The second-order valence-electron chi connectivity index (χ2n) is 16.4. The fraction of sp³-hybridized carbons (Fsp3) is 0.595. The molecule has 1 aromatic carbocycles. The number of morpholine rings is 1. The molecule has 0 aromatic heterocycles. The van der Waals surface area contributed by atoms with Gasteiger partial charge < -0.3 is 34.6 Å². The van der Waals surface area contributed by atoms with E-state index in [2.05, 4.69) is 21.9 Å². The average Bonchev–Trinajstić information content (AvgIpc) is 3.88. The number of alkyl carbamates (subject to hydrolysis) is 1.